The SMILES string of the molecule is CN(Cc1cccc(Cl)c1Cl)C(=O)NCc1csc(C(C)(C)C)n1. The number of benzene rings is 1. The monoisotopic (exact) mass is 385 g/mol. The highest BCUT2D eigenvalue weighted by molar-refractivity contribution is 7.09. The molecule has 2 aromatic rings. The van der Waals surface area contributed by atoms with Gasteiger partial charge in [-0.05, 0) is 11.6 Å². The fourth-order valence-corrected chi connectivity index (χ4v) is 3.32. The summed E-state index contributed by atoms with van der Waals surface area (Å²) in [6.45, 7) is 7.15. The first-order chi connectivity index (χ1) is 11.2. The molecule has 0 saturated heterocycles. The summed E-state index contributed by atoms with van der Waals surface area (Å²) in [7, 11) is 1.72. The van der Waals surface area contributed by atoms with Crippen LogP contribution in [0.5, 0.6) is 0 Å². The van der Waals surface area contributed by atoms with Crippen LogP contribution in [0.15, 0.2) is 23.6 Å². The van der Waals surface area contributed by atoms with Gasteiger partial charge in [-0.3, -0.25) is 0 Å². The van der Waals surface area contributed by atoms with Crippen molar-refractivity contribution < 1.29 is 4.79 Å². The Morgan fingerprint density at radius 3 is 2.67 bits per heavy atom. The molecule has 1 aromatic heterocycles. The minimum Gasteiger partial charge on any atom is -0.332 e. The Hall–Kier alpha value is -1.30. The molecule has 0 spiro atoms. The number of hydrogen-bond acceptors (Lipinski definition) is 3. The van der Waals surface area contributed by atoms with Gasteiger partial charge < -0.3 is 10.2 Å². The third-order valence-electron chi connectivity index (χ3n) is 3.40. The van der Waals surface area contributed by atoms with Crippen molar-refractivity contribution in [2.24, 2.45) is 0 Å². The first-order valence-electron chi connectivity index (χ1n) is 7.55. The van der Waals surface area contributed by atoms with Gasteiger partial charge in [0.15, 0.2) is 0 Å². The molecule has 1 N–H and O–H groups in total. The van der Waals surface area contributed by atoms with Crippen molar-refractivity contribution in [2.45, 2.75) is 39.3 Å². The molecule has 1 heterocycles. The third kappa shape index (κ3) is 4.85. The summed E-state index contributed by atoms with van der Waals surface area (Å²) in [6, 6.07) is 5.21. The molecule has 24 heavy (non-hydrogen) atoms. The van der Waals surface area contributed by atoms with Crippen LogP contribution in [0.1, 0.15) is 37.0 Å². The van der Waals surface area contributed by atoms with Gasteiger partial charge in [0, 0.05) is 24.4 Å². The van der Waals surface area contributed by atoms with E-state index in [9.17, 15) is 4.79 Å². The van der Waals surface area contributed by atoms with Gasteiger partial charge >= 0.3 is 6.03 Å². The largest absolute Gasteiger partial charge is 0.332 e. The molecule has 0 saturated carbocycles. The van der Waals surface area contributed by atoms with E-state index in [1.54, 1.807) is 29.4 Å². The molecule has 130 valence electrons. The van der Waals surface area contributed by atoms with E-state index in [0.717, 1.165) is 16.3 Å². The second kappa shape index (κ2) is 7.72. The van der Waals surface area contributed by atoms with Crippen LogP contribution in [0.4, 0.5) is 4.79 Å². The molecule has 0 aliphatic rings. The van der Waals surface area contributed by atoms with E-state index in [2.05, 4.69) is 31.1 Å². The number of thiazole rings is 1. The number of rotatable bonds is 4. The maximum Gasteiger partial charge on any atom is 0.317 e. The summed E-state index contributed by atoms with van der Waals surface area (Å²) in [6.07, 6.45) is 0. The molecular weight excluding hydrogens is 365 g/mol. The van der Waals surface area contributed by atoms with E-state index in [0.29, 0.717) is 23.1 Å². The molecule has 0 unspecified atom stereocenters. The fourth-order valence-electron chi connectivity index (χ4n) is 2.03. The Kier molecular flexibility index (Phi) is 6.12. The zero-order valence-electron chi connectivity index (χ0n) is 14.2. The topological polar surface area (TPSA) is 45.2 Å². The van der Waals surface area contributed by atoms with Gasteiger partial charge in [-0.15, -0.1) is 11.3 Å². The Morgan fingerprint density at radius 2 is 2.04 bits per heavy atom. The predicted octanol–water partition coefficient (Wildman–Crippen LogP) is 5.09. The second-order valence-electron chi connectivity index (χ2n) is 6.62. The maximum absolute atomic E-state index is 12.2. The molecule has 0 bridgehead atoms. The van der Waals surface area contributed by atoms with Gasteiger partial charge in [-0.2, -0.15) is 0 Å². The lowest BCUT2D eigenvalue weighted by molar-refractivity contribution is 0.206. The van der Waals surface area contributed by atoms with Gasteiger partial charge in [0.25, 0.3) is 0 Å². The van der Waals surface area contributed by atoms with E-state index in [1.807, 2.05) is 17.5 Å². The first-order valence-corrected chi connectivity index (χ1v) is 9.19. The summed E-state index contributed by atoms with van der Waals surface area (Å²) < 4.78 is 0. The van der Waals surface area contributed by atoms with E-state index in [4.69, 9.17) is 23.2 Å². The highest BCUT2D eigenvalue weighted by atomic mass is 35.5. The fraction of sp³-hybridized carbons (Fsp3) is 0.412. The molecule has 0 aliphatic carbocycles. The molecule has 4 nitrogen and oxygen atoms in total. The van der Waals surface area contributed by atoms with Crippen LogP contribution >= 0.6 is 34.5 Å². The molecule has 1 aromatic carbocycles. The van der Waals surface area contributed by atoms with Crippen molar-refractivity contribution in [3.05, 3.63) is 49.9 Å². The summed E-state index contributed by atoms with van der Waals surface area (Å²) in [4.78, 5) is 18.4. The summed E-state index contributed by atoms with van der Waals surface area (Å²) in [5.41, 5.74) is 1.70. The second-order valence-corrected chi connectivity index (χ2v) is 8.26. The lowest BCUT2D eigenvalue weighted by Gasteiger charge is -2.19. The van der Waals surface area contributed by atoms with Crippen LogP contribution in [0.25, 0.3) is 0 Å². The number of halogens is 2. The lowest BCUT2D eigenvalue weighted by atomic mass is 9.98. The standard InChI is InChI=1S/C17H21Cl2N3OS/c1-17(2,3)15-21-12(10-24-15)8-20-16(23)22(4)9-11-6-5-7-13(18)14(11)19/h5-7,10H,8-9H2,1-4H3,(H,20,23). The van der Waals surface area contributed by atoms with Crippen molar-refractivity contribution in [1.82, 2.24) is 15.2 Å². The number of nitrogens with one attached hydrogen (secondary N) is 1. The van der Waals surface area contributed by atoms with Crippen LogP contribution in [0, 0.1) is 0 Å². The van der Waals surface area contributed by atoms with Crippen LogP contribution in [-0.4, -0.2) is 23.0 Å². The third-order valence-corrected chi connectivity index (χ3v) is 5.57. The number of carbonyl (C=O) groups excluding carboxylic acids is 1. The number of aromatic nitrogens is 1. The van der Waals surface area contributed by atoms with E-state index < -0.39 is 0 Å². The minimum absolute atomic E-state index is 0.0209. The number of amides is 2. The maximum atomic E-state index is 12.2. The van der Waals surface area contributed by atoms with Crippen molar-refractivity contribution >= 4 is 40.6 Å². The van der Waals surface area contributed by atoms with Gasteiger partial charge in [0.05, 0.1) is 27.3 Å². The molecule has 0 fully saturated rings. The number of nitrogens with zero attached hydrogens (tertiary/aromatic N) is 2. The van der Waals surface area contributed by atoms with Crippen LogP contribution in [-0.2, 0) is 18.5 Å². The highest BCUT2D eigenvalue weighted by Gasteiger charge is 2.18. The average molecular weight is 386 g/mol. The normalized spacial score (nSPS) is 11.4. The van der Waals surface area contributed by atoms with Crippen LogP contribution < -0.4 is 5.32 Å². The van der Waals surface area contributed by atoms with Gasteiger partial charge in [0.1, 0.15) is 0 Å². The summed E-state index contributed by atoms with van der Waals surface area (Å²) in [5.74, 6) is 0. The highest BCUT2D eigenvalue weighted by Crippen LogP contribution is 2.27. The van der Waals surface area contributed by atoms with Gasteiger partial charge in [0.2, 0.25) is 0 Å². The Balaban J connectivity index is 1.92. The first kappa shape index (κ1) is 19.0. The molecule has 2 amide bonds. The molecule has 0 atom stereocenters. The predicted molar refractivity (Wildman–Crippen MR) is 101 cm³/mol. The minimum atomic E-state index is -0.184. The number of carbonyl (C=O) groups is 1. The zero-order chi connectivity index (χ0) is 17.9. The Labute approximate surface area is 156 Å². The average Bonchev–Trinajstić information content (AvgIpc) is 2.98. The number of hydrogen-bond donors (Lipinski definition) is 1. The Morgan fingerprint density at radius 1 is 1.33 bits per heavy atom. The van der Waals surface area contributed by atoms with Crippen molar-refractivity contribution in [1.29, 1.82) is 0 Å². The van der Waals surface area contributed by atoms with E-state index >= 15 is 0 Å². The molecular formula is C17H21Cl2N3OS. The Bertz CT molecular complexity index is 725. The quantitative estimate of drug-likeness (QED) is 0.796. The van der Waals surface area contributed by atoms with Crippen molar-refractivity contribution in [3.63, 3.8) is 0 Å². The van der Waals surface area contributed by atoms with Crippen LogP contribution in [0.3, 0.4) is 0 Å². The molecule has 0 aliphatic heterocycles. The van der Waals surface area contributed by atoms with E-state index in [1.165, 1.54) is 0 Å². The number of urea groups is 1. The summed E-state index contributed by atoms with van der Waals surface area (Å²) in [5, 5.41) is 6.88. The van der Waals surface area contributed by atoms with Crippen LogP contribution in [0.2, 0.25) is 10.0 Å². The lowest BCUT2D eigenvalue weighted by Crippen LogP contribution is -2.36. The van der Waals surface area contributed by atoms with Gasteiger partial charge in [-0.25, -0.2) is 9.78 Å². The summed E-state index contributed by atoms with van der Waals surface area (Å²) >= 11 is 13.8. The van der Waals surface area contributed by atoms with Gasteiger partial charge in [-0.1, -0.05) is 56.1 Å². The zero-order valence-corrected chi connectivity index (χ0v) is 16.5. The molecule has 7 heteroatoms. The molecule has 2 rings (SSSR count). The van der Waals surface area contributed by atoms with Crippen molar-refractivity contribution in [2.75, 3.05) is 7.05 Å². The van der Waals surface area contributed by atoms with Crippen molar-refractivity contribution in [3.8, 4) is 0 Å². The van der Waals surface area contributed by atoms with E-state index in [-0.39, 0.29) is 11.4 Å². The smallest absolute Gasteiger partial charge is 0.317 e. The molecule has 0 radical (unpaired) electrons.